The summed E-state index contributed by atoms with van der Waals surface area (Å²) in [6.07, 6.45) is 1.61. The summed E-state index contributed by atoms with van der Waals surface area (Å²) in [6.45, 7) is 5.83. The highest BCUT2D eigenvalue weighted by Gasteiger charge is 2.23. The molecule has 0 fully saturated rings. The molecule has 0 heterocycles. The quantitative estimate of drug-likeness (QED) is 0.643. The largest absolute Gasteiger partial charge is 0.308 e. The van der Waals surface area contributed by atoms with Gasteiger partial charge in [-0.2, -0.15) is 0 Å². The molecule has 0 radical (unpaired) electrons. The van der Waals surface area contributed by atoms with E-state index in [4.69, 9.17) is 0 Å². The van der Waals surface area contributed by atoms with Gasteiger partial charge in [0.1, 0.15) is 0 Å². The first kappa shape index (κ1) is 9.63. The molecule has 0 atom stereocenters. The number of ketones is 1. The Kier molecular flexibility index (Phi) is 3.58. The fourth-order valence-electron chi connectivity index (χ4n) is 0.679. The number of likely N-dealkylation sites (N-methyl/N-ethyl adjacent to an activating group) is 1. The van der Waals surface area contributed by atoms with Crippen LogP contribution in [-0.4, -0.2) is 18.4 Å². The van der Waals surface area contributed by atoms with Crippen LogP contribution in [0.2, 0.25) is 0 Å². The van der Waals surface area contributed by atoms with E-state index in [-0.39, 0.29) is 11.3 Å². The number of nitrogens with one attached hydrogen (secondary N) is 1. The Balaban J connectivity index is 3.91. The summed E-state index contributed by atoms with van der Waals surface area (Å²) >= 11 is 0. The Labute approximate surface area is 63.0 Å². The van der Waals surface area contributed by atoms with Crippen molar-refractivity contribution in [2.45, 2.75) is 39.2 Å². The van der Waals surface area contributed by atoms with Crippen LogP contribution in [-0.2, 0) is 4.79 Å². The molecular weight excluding hydrogens is 126 g/mol. The maximum absolute atomic E-state index is 11.2. The van der Waals surface area contributed by atoms with E-state index in [1.54, 1.807) is 0 Å². The molecule has 2 heteroatoms. The summed E-state index contributed by atoms with van der Waals surface area (Å²) in [7, 11) is 1.81. The molecule has 0 spiro atoms. The SMILES string of the molecule is CCCC(=O)C(C)(C)NC. The van der Waals surface area contributed by atoms with Crippen molar-refractivity contribution in [3.63, 3.8) is 0 Å². The van der Waals surface area contributed by atoms with E-state index >= 15 is 0 Å². The molecule has 0 unspecified atom stereocenters. The Morgan fingerprint density at radius 2 is 2.00 bits per heavy atom. The second kappa shape index (κ2) is 3.71. The monoisotopic (exact) mass is 143 g/mol. The normalized spacial score (nSPS) is 11.6. The van der Waals surface area contributed by atoms with Gasteiger partial charge in [0.05, 0.1) is 5.54 Å². The first-order valence-electron chi connectivity index (χ1n) is 3.76. The van der Waals surface area contributed by atoms with Crippen molar-refractivity contribution in [3.05, 3.63) is 0 Å². The van der Waals surface area contributed by atoms with Crippen LogP contribution in [0.5, 0.6) is 0 Å². The standard InChI is InChI=1S/C8H17NO/c1-5-6-7(10)8(2,3)9-4/h9H,5-6H2,1-4H3. The lowest BCUT2D eigenvalue weighted by Crippen LogP contribution is -2.44. The first-order valence-corrected chi connectivity index (χ1v) is 3.76. The molecule has 0 aliphatic carbocycles. The van der Waals surface area contributed by atoms with Crippen molar-refractivity contribution in [2.75, 3.05) is 7.05 Å². The molecule has 0 amide bonds. The zero-order valence-electron chi connectivity index (χ0n) is 7.32. The van der Waals surface area contributed by atoms with Gasteiger partial charge < -0.3 is 5.32 Å². The summed E-state index contributed by atoms with van der Waals surface area (Å²) < 4.78 is 0. The number of carbonyl (C=O) groups excluding carboxylic acids is 1. The lowest BCUT2D eigenvalue weighted by Gasteiger charge is -2.21. The lowest BCUT2D eigenvalue weighted by molar-refractivity contribution is -0.124. The summed E-state index contributed by atoms with van der Waals surface area (Å²) in [4.78, 5) is 11.2. The average Bonchev–Trinajstić information content (AvgIpc) is 1.89. The van der Waals surface area contributed by atoms with Crippen LogP contribution in [0.3, 0.4) is 0 Å². The molecule has 0 rings (SSSR count). The van der Waals surface area contributed by atoms with Gasteiger partial charge in [0.15, 0.2) is 5.78 Å². The maximum Gasteiger partial charge on any atom is 0.152 e. The van der Waals surface area contributed by atoms with E-state index in [9.17, 15) is 4.79 Å². The number of hydrogen-bond acceptors (Lipinski definition) is 2. The zero-order valence-corrected chi connectivity index (χ0v) is 7.32. The summed E-state index contributed by atoms with van der Waals surface area (Å²) in [5.41, 5.74) is -0.337. The van der Waals surface area contributed by atoms with E-state index in [0.717, 1.165) is 6.42 Å². The number of Topliss-reactive ketones (excluding diaryl/α,β-unsaturated/α-hetero) is 1. The van der Waals surface area contributed by atoms with Crippen LogP contribution in [0.4, 0.5) is 0 Å². The molecule has 10 heavy (non-hydrogen) atoms. The molecule has 60 valence electrons. The topological polar surface area (TPSA) is 29.1 Å². The van der Waals surface area contributed by atoms with Crippen LogP contribution in [0.15, 0.2) is 0 Å². The van der Waals surface area contributed by atoms with Gasteiger partial charge in [0.25, 0.3) is 0 Å². The molecule has 1 N–H and O–H groups in total. The Hall–Kier alpha value is -0.370. The molecule has 0 aromatic carbocycles. The molecule has 0 aromatic heterocycles. The van der Waals surface area contributed by atoms with Crippen LogP contribution >= 0.6 is 0 Å². The Morgan fingerprint density at radius 3 is 2.30 bits per heavy atom. The Bertz CT molecular complexity index is 118. The highest BCUT2D eigenvalue weighted by molar-refractivity contribution is 5.87. The minimum Gasteiger partial charge on any atom is -0.308 e. The van der Waals surface area contributed by atoms with Crippen molar-refractivity contribution in [1.82, 2.24) is 5.32 Å². The molecular formula is C8H17NO. The highest BCUT2D eigenvalue weighted by atomic mass is 16.1. The zero-order chi connectivity index (χ0) is 8.20. The van der Waals surface area contributed by atoms with Crippen LogP contribution in [0.25, 0.3) is 0 Å². The van der Waals surface area contributed by atoms with E-state index in [0.29, 0.717) is 6.42 Å². The minimum absolute atomic E-state index is 0.289. The molecule has 0 saturated carbocycles. The van der Waals surface area contributed by atoms with E-state index in [1.807, 2.05) is 27.8 Å². The van der Waals surface area contributed by atoms with E-state index in [2.05, 4.69) is 5.32 Å². The van der Waals surface area contributed by atoms with E-state index < -0.39 is 0 Å². The molecule has 0 aliphatic heterocycles. The predicted octanol–water partition coefficient (Wildman–Crippen LogP) is 1.35. The number of rotatable bonds is 4. The lowest BCUT2D eigenvalue weighted by atomic mass is 9.96. The third kappa shape index (κ3) is 2.48. The van der Waals surface area contributed by atoms with Crippen molar-refractivity contribution in [1.29, 1.82) is 0 Å². The van der Waals surface area contributed by atoms with Gasteiger partial charge in [-0.05, 0) is 27.3 Å². The molecule has 2 nitrogen and oxygen atoms in total. The summed E-state index contributed by atoms with van der Waals surface area (Å²) in [6, 6.07) is 0. The fraction of sp³-hybridized carbons (Fsp3) is 0.875. The highest BCUT2D eigenvalue weighted by Crippen LogP contribution is 2.06. The van der Waals surface area contributed by atoms with Crippen LogP contribution in [0, 0.1) is 0 Å². The van der Waals surface area contributed by atoms with Gasteiger partial charge in [-0.25, -0.2) is 0 Å². The average molecular weight is 143 g/mol. The Morgan fingerprint density at radius 1 is 1.50 bits per heavy atom. The van der Waals surface area contributed by atoms with Crippen molar-refractivity contribution >= 4 is 5.78 Å². The van der Waals surface area contributed by atoms with Crippen LogP contribution in [0.1, 0.15) is 33.6 Å². The maximum atomic E-state index is 11.2. The second-order valence-corrected chi connectivity index (χ2v) is 3.05. The second-order valence-electron chi connectivity index (χ2n) is 3.05. The third-order valence-corrected chi connectivity index (χ3v) is 1.80. The van der Waals surface area contributed by atoms with Crippen LogP contribution < -0.4 is 5.32 Å². The smallest absolute Gasteiger partial charge is 0.152 e. The third-order valence-electron chi connectivity index (χ3n) is 1.80. The van der Waals surface area contributed by atoms with Gasteiger partial charge in [0.2, 0.25) is 0 Å². The van der Waals surface area contributed by atoms with Crippen molar-refractivity contribution in [3.8, 4) is 0 Å². The first-order chi connectivity index (χ1) is 4.54. The summed E-state index contributed by atoms with van der Waals surface area (Å²) in [5.74, 6) is 0.289. The molecule has 0 aliphatic rings. The van der Waals surface area contributed by atoms with E-state index in [1.165, 1.54) is 0 Å². The fourth-order valence-corrected chi connectivity index (χ4v) is 0.679. The van der Waals surface area contributed by atoms with Gasteiger partial charge in [-0.3, -0.25) is 4.79 Å². The van der Waals surface area contributed by atoms with Gasteiger partial charge >= 0.3 is 0 Å². The van der Waals surface area contributed by atoms with Gasteiger partial charge in [-0.1, -0.05) is 6.92 Å². The minimum atomic E-state index is -0.337. The molecule has 0 bridgehead atoms. The number of hydrogen-bond donors (Lipinski definition) is 1. The molecule has 0 aromatic rings. The van der Waals surface area contributed by atoms with Crippen molar-refractivity contribution in [2.24, 2.45) is 0 Å². The summed E-state index contributed by atoms with van der Waals surface area (Å²) in [5, 5.41) is 2.98. The van der Waals surface area contributed by atoms with Crippen molar-refractivity contribution < 1.29 is 4.79 Å². The predicted molar refractivity (Wildman–Crippen MR) is 43.1 cm³/mol. The molecule has 0 saturated heterocycles. The van der Waals surface area contributed by atoms with Gasteiger partial charge in [0, 0.05) is 6.42 Å². The van der Waals surface area contributed by atoms with Gasteiger partial charge in [-0.15, -0.1) is 0 Å². The number of carbonyl (C=O) groups is 1.